The van der Waals surface area contributed by atoms with Gasteiger partial charge in [0.2, 0.25) is 0 Å². The van der Waals surface area contributed by atoms with Crippen LogP contribution in [0.25, 0.3) is 0 Å². The minimum atomic E-state index is -0.165. The molecule has 1 rings (SSSR count). The number of rotatable bonds is 77. The summed E-state index contributed by atoms with van der Waals surface area (Å²) in [5.74, 6) is -0.0502. The zero-order valence-corrected chi connectivity index (χ0v) is 64.0. The average molecular weight is 1300 g/mol. The highest BCUT2D eigenvalue weighted by atomic mass is 16.2. The van der Waals surface area contributed by atoms with Crippen LogP contribution >= 0.6 is 0 Å². The van der Waals surface area contributed by atoms with Crippen LogP contribution in [-0.4, -0.2) is 91.2 Å². The number of hydrogen-bond donors (Lipinski definition) is 1. The number of nitrogens with one attached hydrogen (secondary N) is 1. The summed E-state index contributed by atoms with van der Waals surface area (Å²) in [6.07, 6.45) is 80.1. The van der Waals surface area contributed by atoms with Crippen LogP contribution < -0.4 is 5.32 Å². The van der Waals surface area contributed by atoms with Crippen molar-refractivity contribution in [1.29, 1.82) is 0 Å². The second-order valence-electron chi connectivity index (χ2n) is 29.7. The molecule has 7 nitrogen and oxygen atoms in total. The third-order valence-electron chi connectivity index (χ3n) is 20.6. The Labute approximate surface area is 582 Å². The monoisotopic (exact) mass is 1300 g/mol. The van der Waals surface area contributed by atoms with E-state index in [9.17, 15) is 14.4 Å². The molecule has 0 radical (unpaired) electrons. The number of amides is 1. The van der Waals surface area contributed by atoms with Crippen molar-refractivity contribution < 1.29 is 14.4 Å². The van der Waals surface area contributed by atoms with Crippen LogP contribution in [0.5, 0.6) is 0 Å². The molecule has 546 valence electrons. The van der Waals surface area contributed by atoms with Gasteiger partial charge in [-0.15, -0.1) is 0 Å². The summed E-state index contributed by atoms with van der Waals surface area (Å²) < 4.78 is 0. The van der Waals surface area contributed by atoms with Crippen molar-refractivity contribution in [1.82, 2.24) is 20.0 Å². The molecular formula is C86H164N4O3. The molecule has 0 heterocycles. The molecule has 0 saturated heterocycles. The van der Waals surface area contributed by atoms with E-state index in [1.807, 2.05) is 18.2 Å². The van der Waals surface area contributed by atoms with Gasteiger partial charge in [0.15, 0.2) is 11.6 Å². The van der Waals surface area contributed by atoms with Crippen LogP contribution in [0.2, 0.25) is 0 Å². The van der Waals surface area contributed by atoms with E-state index in [2.05, 4.69) is 61.6 Å². The number of ketones is 2. The molecule has 1 aromatic carbocycles. The Balaban J connectivity index is 3.39. The summed E-state index contributed by atoms with van der Waals surface area (Å²) in [6.45, 7) is 21.9. The standard InChI is InChI=1S/C86H164N4O3/c1-7-13-19-25-31-37-43-49-55-61-69-88(70-62-56-50-44-38-32-26-20-14-8-2)75-67-84(91)81-77-82(85(92)68-76-89(71-63-57-51-45-39-33-27-21-15-9-3)72-64-58-52-46-40-34-28-22-16-10-4)79-83(78-81)86(93)87-80-90(73-65-59-53-47-41-35-29-23-17-11-5)74-66-60-54-48-42-36-30-24-18-12-6/h77-79H,7-76,80H2,1-6H3,(H,87,93). The van der Waals surface area contributed by atoms with Gasteiger partial charge in [0.1, 0.15) is 0 Å². The Morgan fingerprint density at radius 1 is 0.226 bits per heavy atom. The molecule has 7 heteroatoms. The third-order valence-corrected chi connectivity index (χ3v) is 20.6. The quantitative estimate of drug-likeness (QED) is 0.0398. The second kappa shape index (κ2) is 71.2. The maximum absolute atomic E-state index is 14.7. The van der Waals surface area contributed by atoms with Gasteiger partial charge in [0.25, 0.3) is 5.91 Å². The van der Waals surface area contributed by atoms with E-state index in [4.69, 9.17) is 0 Å². The number of nitrogens with zero attached hydrogens (tertiary/aromatic N) is 3. The van der Waals surface area contributed by atoms with Gasteiger partial charge in [0, 0.05) is 42.6 Å². The van der Waals surface area contributed by atoms with E-state index >= 15 is 0 Å². The van der Waals surface area contributed by atoms with Gasteiger partial charge in [-0.2, -0.15) is 0 Å². The number of carbonyl (C=O) groups excluding carboxylic acids is 3. The molecule has 0 fully saturated rings. The Morgan fingerprint density at radius 3 is 0.602 bits per heavy atom. The van der Waals surface area contributed by atoms with Crippen molar-refractivity contribution in [3.63, 3.8) is 0 Å². The van der Waals surface area contributed by atoms with Crippen molar-refractivity contribution in [3.05, 3.63) is 34.9 Å². The fourth-order valence-electron chi connectivity index (χ4n) is 14.1. The maximum Gasteiger partial charge on any atom is 0.252 e. The van der Waals surface area contributed by atoms with E-state index in [-0.39, 0.29) is 17.5 Å². The van der Waals surface area contributed by atoms with Gasteiger partial charge in [-0.1, -0.05) is 388 Å². The Hall–Kier alpha value is -2.09. The molecule has 0 aliphatic heterocycles. The van der Waals surface area contributed by atoms with Crippen LogP contribution in [0, 0.1) is 0 Å². The van der Waals surface area contributed by atoms with Gasteiger partial charge >= 0.3 is 0 Å². The van der Waals surface area contributed by atoms with Crippen molar-refractivity contribution >= 4 is 17.5 Å². The molecular weight excluding hydrogens is 1140 g/mol. The topological polar surface area (TPSA) is 73.0 Å². The van der Waals surface area contributed by atoms with Crippen LogP contribution in [0.4, 0.5) is 0 Å². The van der Waals surface area contributed by atoms with Crippen LogP contribution in [0.15, 0.2) is 18.2 Å². The largest absolute Gasteiger partial charge is 0.339 e. The molecule has 0 atom stereocenters. The first-order valence-electron chi connectivity index (χ1n) is 42.5. The van der Waals surface area contributed by atoms with Gasteiger partial charge < -0.3 is 15.1 Å². The van der Waals surface area contributed by atoms with E-state index in [1.165, 1.54) is 372 Å². The zero-order valence-electron chi connectivity index (χ0n) is 64.0. The lowest BCUT2D eigenvalue weighted by molar-refractivity contribution is 0.0920. The minimum absolute atomic E-state index is 0.0573. The van der Waals surface area contributed by atoms with Gasteiger partial charge in [0.05, 0.1) is 6.67 Å². The zero-order chi connectivity index (χ0) is 67.2. The molecule has 1 amide bonds. The van der Waals surface area contributed by atoms with E-state index in [0.29, 0.717) is 36.2 Å². The highest BCUT2D eigenvalue weighted by molar-refractivity contribution is 6.05. The predicted molar refractivity (Wildman–Crippen MR) is 412 cm³/mol. The third kappa shape index (κ3) is 58.6. The van der Waals surface area contributed by atoms with Crippen molar-refractivity contribution in [3.8, 4) is 0 Å². The van der Waals surface area contributed by atoms with Crippen LogP contribution in [0.1, 0.15) is 471 Å². The van der Waals surface area contributed by atoms with Crippen molar-refractivity contribution in [2.75, 3.05) is 59.0 Å². The maximum atomic E-state index is 14.7. The smallest absolute Gasteiger partial charge is 0.252 e. The molecule has 0 aliphatic rings. The van der Waals surface area contributed by atoms with Gasteiger partial charge in [-0.05, 0) is 96.0 Å². The summed E-state index contributed by atoms with van der Waals surface area (Å²) in [4.78, 5) is 51.7. The summed E-state index contributed by atoms with van der Waals surface area (Å²) in [6, 6.07) is 5.54. The fourth-order valence-corrected chi connectivity index (χ4v) is 14.1. The number of benzene rings is 1. The summed E-state index contributed by atoms with van der Waals surface area (Å²) in [7, 11) is 0. The first-order chi connectivity index (χ1) is 45.8. The summed E-state index contributed by atoms with van der Waals surface area (Å²) in [5, 5.41) is 3.36. The normalized spacial score (nSPS) is 11.8. The van der Waals surface area contributed by atoms with Gasteiger partial charge in [-0.25, -0.2) is 0 Å². The van der Waals surface area contributed by atoms with Gasteiger partial charge in [-0.3, -0.25) is 19.3 Å². The predicted octanol–water partition coefficient (Wildman–Crippen LogP) is 27.0. The highest BCUT2D eigenvalue weighted by Crippen LogP contribution is 2.21. The number of Topliss-reactive ketones (excluding diaryl/α,β-unsaturated/α-hetero) is 2. The molecule has 0 saturated carbocycles. The lowest BCUT2D eigenvalue weighted by atomic mass is 9.97. The Kier molecular flexibility index (Phi) is 68.1. The Morgan fingerprint density at radius 2 is 0.398 bits per heavy atom. The van der Waals surface area contributed by atoms with Crippen LogP contribution in [-0.2, 0) is 0 Å². The van der Waals surface area contributed by atoms with Crippen molar-refractivity contribution in [2.24, 2.45) is 0 Å². The second-order valence-corrected chi connectivity index (χ2v) is 29.7. The van der Waals surface area contributed by atoms with E-state index < -0.39 is 0 Å². The molecule has 0 spiro atoms. The number of unbranched alkanes of at least 4 members (excludes halogenated alkanes) is 54. The number of carbonyl (C=O) groups is 3. The molecule has 1 N–H and O–H groups in total. The molecule has 0 bridgehead atoms. The summed E-state index contributed by atoms with van der Waals surface area (Å²) in [5.41, 5.74) is 1.52. The molecule has 0 aliphatic carbocycles. The minimum Gasteiger partial charge on any atom is -0.339 e. The average Bonchev–Trinajstić information content (AvgIpc) is 1.39. The summed E-state index contributed by atoms with van der Waals surface area (Å²) >= 11 is 0. The Bertz CT molecular complexity index is 1450. The molecule has 0 unspecified atom stereocenters. The van der Waals surface area contributed by atoms with E-state index in [0.717, 1.165) is 65.2 Å². The molecule has 0 aromatic heterocycles. The first-order valence-corrected chi connectivity index (χ1v) is 42.5. The SMILES string of the molecule is CCCCCCCCCCCCN(CCCCCCCCCCCC)CCC(=O)c1cc(C(=O)CCN(CCCCCCCCCCCC)CCCCCCCCCCCC)cc(C(=O)NCN(CCCCCCCCCCCC)CCCCCCCCCCCC)c1. The van der Waals surface area contributed by atoms with Crippen molar-refractivity contribution in [2.45, 2.75) is 440 Å². The van der Waals surface area contributed by atoms with Crippen LogP contribution in [0.3, 0.4) is 0 Å². The molecule has 93 heavy (non-hydrogen) atoms. The first kappa shape index (κ1) is 88.9. The lowest BCUT2D eigenvalue weighted by Gasteiger charge is -2.23. The highest BCUT2D eigenvalue weighted by Gasteiger charge is 2.20. The fraction of sp³-hybridized carbons (Fsp3) is 0.895. The van der Waals surface area contributed by atoms with E-state index in [1.54, 1.807) is 0 Å². The molecule has 1 aromatic rings. The number of hydrogen-bond acceptors (Lipinski definition) is 6. The lowest BCUT2D eigenvalue weighted by Crippen LogP contribution is -2.39.